The Labute approximate surface area is 129 Å². The number of benzene rings is 1. The van der Waals surface area contributed by atoms with Crippen molar-refractivity contribution < 1.29 is 17.5 Å². The average Bonchev–Trinajstić information content (AvgIpc) is 2.38. The zero-order valence-electron chi connectivity index (χ0n) is 12.2. The second-order valence-electron chi connectivity index (χ2n) is 4.94. The molecule has 0 aliphatic carbocycles. The van der Waals surface area contributed by atoms with E-state index in [1.165, 1.54) is 0 Å². The lowest BCUT2D eigenvalue weighted by Gasteiger charge is -2.22. The highest BCUT2D eigenvalue weighted by Gasteiger charge is 2.25. The van der Waals surface area contributed by atoms with Crippen LogP contribution >= 0.6 is 11.6 Å². The van der Waals surface area contributed by atoms with Crippen molar-refractivity contribution in [3.05, 3.63) is 23.0 Å². The first-order valence-corrected chi connectivity index (χ1v) is 8.39. The van der Waals surface area contributed by atoms with Crippen LogP contribution in [0.25, 0.3) is 0 Å². The number of rotatable bonds is 7. The molecular formula is C13H20ClFN2O3S. The van der Waals surface area contributed by atoms with E-state index in [4.69, 9.17) is 22.1 Å². The fourth-order valence-corrected chi connectivity index (χ4v) is 3.54. The molecule has 0 bridgehead atoms. The first kappa shape index (κ1) is 18.2. The molecule has 0 aliphatic rings. The number of hydrogen-bond donors (Lipinski definition) is 2. The number of ether oxygens (including phenoxy) is 1. The molecule has 0 aliphatic heterocycles. The van der Waals surface area contributed by atoms with Gasteiger partial charge in [0.25, 0.3) is 0 Å². The van der Waals surface area contributed by atoms with Gasteiger partial charge in [-0.25, -0.2) is 17.5 Å². The molecule has 21 heavy (non-hydrogen) atoms. The van der Waals surface area contributed by atoms with Crippen molar-refractivity contribution in [2.24, 2.45) is 5.92 Å². The Morgan fingerprint density at radius 1 is 1.43 bits per heavy atom. The van der Waals surface area contributed by atoms with Crippen LogP contribution in [0.5, 0.6) is 0 Å². The predicted octanol–water partition coefficient (Wildman–Crippen LogP) is 2.40. The van der Waals surface area contributed by atoms with Gasteiger partial charge in [-0.05, 0) is 25.0 Å². The van der Waals surface area contributed by atoms with Crippen LogP contribution in [0.15, 0.2) is 17.0 Å². The van der Waals surface area contributed by atoms with Crippen molar-refractivity contribution in [3.8, 4) is 0 Å². The summed E-state index contributed by atoms with van der Waals surface area (Å²) in [6.07, 6.45) is 0. The van der Waals surface area contributed by atoms with E-state index in [1.807, 2.05) is 20.8 Å². The van der Waals surface area contributed by atoms with Gasteiger partial charge in [0.1, 0.15) is 10.7 Å². The van der Waals surface area contributed by atoms with Crippen LogP contribution in [0.2, 0.25) is 5.02 Å². The normalized spacial score (nSPS) is 13.6. The minimum Gasteiger partial charge on any atom is -0.396 e. The fourth-order valence-electron chi connectivity index (χ4n) is 1.62. The summed E-state index contributed by atoms with van der Waals surface area (Å²) in [6.45, 7) is 6.28. The highest BCUT2D eigenvalue weighted by Crippen LogP contribution is 2.26. The maximum atomic E-state index is 13.3. The summed E-state index contributed by atoms with van der Waals surface area (Å²) >= 11 is 5.81. The Balaban J connectivity index is 3.07. The monoisotopic (exact) mass is 338 g/mol. The van der Waals surface area contributed by atoms with Crippen molar-refractivity contribution in [3.63, 3.8) is 0 Å². The molecule has 120 valence electrons. The van der Waals surface area contributed by atoms with E-state index in [1.54, 1.807) is 0 Å². The van der Waals surface area contributed by atoms with Crippen molar-refractivity contribution in [2.75, 3.05) is 18.9 Å². The third-order valence-corrected chi connectivity index (χ3v) is 4.91. The third kappa shape index (κ3) is 4.81. The Hall–Kier alpha value is -0.890. The first-order chi connectivity index (χ1) is 9.69. The van der Waals surface area contributed by atoms with Crippen LogP contribution in [0, 0.1) is 11.7 Å². The van der Waals surface area contributed by atoms with Gasteiger partial charge in [-0.1, -0.05) is 25.4 Å². The fraction of sp³-hybridized carbons (Fsp3) is 0.538. The molecule has 1 aromatic rings. The smallest absolute Gasteiger partial charge is 0.242 e. The van der Waals surface area contributed by atoms with E-state index in [0.717, 1.165) is 12.1 Å². The van der Waals surface area contributed by atoms with Gasteiger partial charge in [0.05, 0.1) is 17.3 Å². The molecule has 1 atom stereocenters. The number of nitrogens with two attached hydrogens (primary N) is 1. The lowest BCUT2D eigenvalue weighted by molar-refractivity contribution is 0.116. The predicted molar refractivity (Wildman–Crippen MR) is 81.3 cm³/mol. The number of nitrogen functional groups attached to an aromatic ring is 1. The lowest BCUT2D eigenvalue weighted by Crippen LogP contribution is -2.41. The van der Waals surface area contributed by atoms with Gasteiger partial charge in [-0.15, -0.1) is 0 Å². The number of nitrogens with one attached hydrogen (secondary N) is 1. The summed E-state index contributed by atoms with van der Waals surface area (Å²) in [6, 6.07) is 1.48. The summed E-state index contributed by atoms with van der Waals surface area (Å²) in [5, 5.41) is -0.215. The minimum absolute atomic E-state index is 0.0166. The second kappa shape index (κ2) is 7.40. The number of halogens is 2. The summed E-state index contributed by atoms with van der Waals surface area (Å²) in [4.78, 5) is -0.245. The Morgan fingerprint density at radius 3 is 2.57 bits per heavy atom. The molecule has 0 saturated carbocycles. The van der Waals surface area contributed by atoms with Crippen LogP contribution in [-0.2, 0) is 14.8 Å². The van der Waals surface area contributed by atoms with Crippen molar-refractivity contribution in [1.29, 1.82) is 0 Å². The third-order valence-electron chi connectivity index (χ3n) is 2.95. The first-order valence-electron chi connectivity index (χ1n) is 6.53. The van der Waals surface area contributed by atoms with Gasteiger partial charge in [0.15, 0.2) is 0 Å². The molecule has 8 heteroatoms. The molecule has 0 amide bonds. The Bertz CT molecular complexity index is 593. The van der Waals surface area contributed by atoms with Crippen LogP contribution in [0.1, 0.15) is 20.8 Å². The summed E-state index contributed by atoms with van der Waals surface area (Å²) in [5.74, 6) is -0.739. The van der Waals surface area contributed by atoms with E-state index in [2.05, 4.69) is 4.72 Å². The zero-order valence-corrected chi connectivity index (χ0v) is 13.8. The average molecular weight is 339 g/mol. The number of anilines is 1. The topological polar surface area (TPSA) is 81.4 Å². The van der Waals surface area contributed by atoms with Crippen LogP contribution in [0.4, 0.5) is 10.1 Å². The van der Waals surface area contributed by atoms with Gasteiger partial charge < -0.3 is 10.5 Å². The summed E-state index contributed by atoms with van der Waals surface area (Å²) in [7, 11) is -3.91. The minimum atomic E-state index is -3.91. The van der Waals surface area contributed by atoms with Crippen molar-refractivity contribution >= 4 is 27.3 Å². The van der Waals surface area contributed by atoms with Gasteiger partial charge in [-0.3, -0.25) is 0 Å². The number of sulfonamides is 1. The molecule has 1 unspecified atom stereocenters. The van der Waals surface area contributed by atoms with Crippen LogP contribution < -0.4 is 10.5 Å². The van der Waals surface area contributed by atoms with Crippen LogP contribution in [0.3, 0.4) is 0 Å². The van der Waals surface area contributed by atoms with E-state index in [9.17, 15) is 12.8 Å². The molecule has 3 N–H and O–H groups in total. The van der Waals surface area contributed by atoms with Gasteiger partial charge in [-0.2, -0.15) is 0 Å². The molecule has 0 fully saturated rings. The second-order valence-corrected chi connectivity index (χ2v) is 7.03. The van der Waals surface area contributed by atoms with Gasteiger partial charge in [0.2, 0.25) is 10.0 Å². The summed E-state index contributed by atoms with van der Waals surface area (Å²) in [5.41, 5.74) is 5.13. The molecule has 0 heterocycles. The van der Waals surface area contributed by atoms with Gasteiger partial charge >= 0.3 is 0 Å². The largest absolute Gasteiger partial charge is 0.396 e. The van der Waals surface area contributed by atoms with E-state index in [-0.39, 0.29) is 28.1 Å². The molecule has 0 spiro atoms. The van der Waals surface area contributed by atoms with E-state index < -0.39 is 21.9 Å². The standard InChI is InChI=1S/C13H20ClFN2O3S/c1-4-20-7-12(8(2)3)17-21(18,19)13-6-11(16)10(15)5-9(13)14/h5-6,8,12,17H,4,7,16H2,1-3H3. The van der Waals surface area contributed by atoms with E-state index >= 15 is 0 Å². The number of hydrogen-bond acceptors (Lipinski definition) is 4. The van der Waals surface area contributed by atoms with Gasteiger partial charge in [0, 0.05) is 12.6 Å². The maximum absolute atomic E-state index is 13.3. The summed E-state index contributed by atoms with van der Waals surface area (Å²) < 4.78 is 45.8. The SMILES string of the molecule is CCOCC(NS(=O)(=O)c1cc(N)c(F)cc1Cl)C(C)C. The molecule has 1 aromatic carbocycles. The molecule has 1 rings (SSSR count). The highest BCUT2D eigenvalue weighted by molar-refractivity contribution is 7.89. The maximum Gasteiger partial charge on any atom is 0.242 e. The quantitative estimate of drug-likeness (QED) is 0.748. The van der Waals surface area contributed by atoms with Crippen LogP contribution in [-0.4, -0.2) is 27.7 Å². The van der Waals surface area contributed by atoms with Crippen molar-refractivity contribution in [1.82, 2.24) is 4.72 Å². The zero-order chi connectivity index (χ0) is 16.2. The molecule has 0 aromatic heterocycles. The van der Waals surface area contributed by atoms with E-state index in [0.29, 0.717) is 6.61 Å². The Morgan fingerprint density at radius 2 is 2.05 bits per heavy atom. The molecular weight excluding hydrogens is 319 g/mol. The molecule has 0 saturated heterocycles. The molecule has 5 nitrogen and oxygen atoms in total. The lowest BCUT2D eigenvalue weighted by atomic mass is 10.1. The van der Waals surface area contributed by atoms with Crippen molar-refractivity contribution in [2.45, 2.75) is 31.7 Å². The Kier molecular flexibility index (Phi) is 6.40. The highest BCUT2D eigenvalue weighted by atomic mass is 35.5. The molecule has 0 radical (unpaired) electrons.